The largest absolute Gasteiger partial charge is 0.439 e. The molecule has 1 N–H and O–H groups in total. The van der Waals surface area contributed by atoms with Crippen LogP contribution in [0.3, 0.4) is 0 Å². The zero-order chi connectivity index (χ0) is 25.8. The maximum absolute atomic E-state index is 11.8. The number of nitrogens with one attached hydrogen (secondary N) is 1. The summed E-state index contributed by atoms with van der Waals surface area (Å²) in [4.78, 5) is 24.4. The number of hydrogen-bond donors (Lipinski definition) is 1. The first-order chi connectivity index (χ1) is 17.9. The summed E-state index contributed by atoms with van der Waals surface area (Å²) in [5.74, 6) is 0.900. The molecular formula is C30H29N5O2. The smallest absolute Gasteiger partial charge is 0.296 e. The second-order valence-corrected chi connectivity index (χ2v) is 9.81. The topological polar surface area (TPSA) is 89.6 Å². The first kappa shape index (κ1) is 23.2. The van der Waals surface area contributed by atoms with E-state index in [1.54, 1.807) is 0 Å². The van der Waals surface area contributed by atoms with Crippen molar-refractivity contribution < 1.29 is 4.52 Å². The molecule has 0 unspecified atom stereocenters. The highest BCUT2D eigenvalue weighted by Gasteiger charge is 2.25. The Morgan fingerprint density at radius 2 is 1.86 bits per heavy atom. The molecule has 1 aliphatic carbocycles. The molecule has 3 aromatic heterocycles. The van der Waals surface area contributed by atoms with Crippen LogP contribution in [-0.2, 0) is 19.3 Å². The molecule has 0 aliphatic heterocycles. The molecule has 5 aromatic rings. The van der Waals surface area contributed by atoms with Crippen molar-refractivity contribution in [3.63, 3.8) is 0 Å². The summed E-state index contributed by atoms with van der Waals surface area (Å²) in [6.07, 6.45) is 2.62. The summed E-state index contributed by atoms with van der Waals surface area (Å²) in [6, 6.07) is 15.0. The van der Waals surface area contributed by atoms with E-state index < -0.39 is 5.76 Å². The fourth-order valence-corrected chi connectivity index (χ4v) is 5.74. The van der Waals surface area contributed by atoms with Crippen molar-refractivity contribution in [1.29, 1.82) is 0 Å². The fourth-order valence-electron chi connectivity index (χ4n) is 5.74. The highest BCUT2D eigenvalue weighted by atomic mass is 16.5. The Labute approximate surface area is 214 Å². The summed E-state index contributed by atoms with van der Waals surface area (Å²) in [5.41, 5.74) is 13.1. The van der Waals surface area contributed by atoms with E-state index in [1.807, 2.05) is 13.8 Å². The maximum atomic E-state index is 11.8. The van der Waals surface area contributed by atoms with E-state index >= 15 is 0 Å². The highest BCUT2D eigenvalue weighted by molar-refractivity contribution is 5.99. The van der Waals surface area contributed by atoms with Gasteiger partial charge in [-0.2, -0.15) is 0 Å². The van der Waals surface area contributed by atoms with E-state index in [4.69, 9.17) is 14.5 Å². The monoisotopic (exact) mass is 491 g/mol. The van der Waals surface area contributed by atoms with Gasteiger partial charge in [0.15, 0.2) is 11.5 Å². The Hall–Kier alpha value is -4.26. The minimum atomic E-state index is -0.555. The standard InChI is InChI=1S/C30H29N5O2/c1-6-25-32-27-16(2)15-17(3)31-29(27)35(25)24-14-13-23-21(18(24)4)12-11-20-9-7-8-10-22(20)26(23)19(5)28-33-30(36)37-34-28/h7-10,13-15H,6,11-12H2,1-5H3,(H,33,34,36)/b26-19+. The van der Waals surface area contributed by atoms with Gasteiger partial charge in [-0.25, -0.2) is 14.8 Å². The number of aryl methyl sites for hydroxylation is 4. The first-order valence-corrected chi connectivity index (χ1v) is 12.7. The molecular weight excluding hydrogens is 462 g/mol. The molecule has 0 saturated carbocycles. The van der Waals surface area contributed by atoms with Crippen molar-refractivity contribution in [3.8, 4) is 5.69 Å². The van der Waals surface area contributed by atoms with Crippen molar-refractivity contribution in [2.75, 3.05) is 0 Å². The van der Waals surface area contributed by atoms with Gasteiger partial charge in [-0.05, 0) is 91.6 Å². The lowest BCUT2D eigenvalue weighted by molar-refractivity contribution is 0.385. The molecule has 1 aliphatic rings. The van der Waals surface area contributed by atoms with Gasteiger partial charge in [0, 0.05) is 17.7 Å². The van der Waals surface area contributed by atoms with Crippen LogP contribution in [0.4, 0.5) is 0 Å². The van der Waals surface area contributed by atoms with E-state index in [1.165, 1.54) is 16.7 Å². The van der Waals surface area contributed by atoms with Crippen LogP contribution in [0, 0.1) is 20.8 Å². The number of benzene rings is 2. The van der Waals surface area contributed by atoms with Crippen LogP contribution in [-0.4, -0.2) is 24.7 Å². The lowest BCUT2D eigenvalue weighted by Crippen LogP contribution is -2.07. The van der Waals surface area contributed by atoms with Crippen molar-refractivity contribution >= 4 is 22.3 Å². The third-order valence-electron chi connectivity index (χ3n) is 7.50. The molecule has 0 saturated heterocycles. The van der Waals surface area contributed by atoms with Gasteiger partial charge < -0.3 is 0 Å². The van der Waals surface area contributed by atoms with Crippen LogP contribution in [0.5, 0.6) is 0 Å². The van der Waals surface area contributed by atoms with Gasteiger partial charge >= 0.3 is 5.76 Å². The quantitative estimate of drug-likeness (QED) is 0.352. The van der Waals surface area contributed by atoms with Crippen LogP contribution < -0.4 is 5.76 Å². The Balaban J connectivity index is 1.64. The number of imidazole rings is 1. The predicted molar refractivity (Wildman–Crippen MR) is 145 cm³/mol. The number of allylic oxidation sites excluding steroid dienone is 1. The first-order valence-electron chi connectivity index (χ1n) is 12.7. The van der Waals surface area contributed by atoms with Crippen molar-refractivity contribution in [2.45, 2.75) is 53.9 Å². The Morgan fingerprint density at radius 3 is 2.62 bits per heavy atom. The molecule has 0 radical (unpaired) electrons. The number of fused-ring (bicyclic) bond motifs is 3. The summed E-state index contributed by atoms with van der Waals surface area (Å²) in [7, 11) is 0. The third kappa shape index (κ3) is 3.65. The molecule has 0 atom stereocenters. The normalized spacial score (nSPS) is 14.4. The second-order valence-electron chi connectivity index (χ2n) is 9.81. The Bertz CT molecular complexity index is 1780. The van der Waals surface area contributed by atoms with Crippen LogP contribution in [0.1, 0.15) is 64.6 Å². The number of H-pyrrole nitrogens is 1. The highest BCUT2D eigenvalue weighted by Crippen LogP contribution is 2.40. The van der Waals surface area contributed by atoms with Crippen molar-refractivity contribution in [3.05, 3.63) is 104 Å². The van der Waals surface area contributed by atoms with Gasteiger partial charge in [0.05, 0.1) is 5.69 Å². The second kappa shape index (κ2) is 8.69. The van der Waals surface area contributed by atoms with Crippen LogP contribution in [0.15, 0.2) is 51.8 Å². The third-order valence-corrected chi connectivity index (χ3v) is 7.50. The molecule has 0 amide bonds. The average Bonchev–Trinajstić information content (AvgIpc) is 3.43. The summed E-state index contributed by atoms with van der Waals surface area (Å²) in [6.45, 7) is 10.5. The number of aromatic amines is 1. The molecule has 3 heterocycles. The number of nitrogens with zero attached hydrogens (tertiary/aromatic N) is 4. The molecule has 2 aromatic carbocycles. The number of hydrogen-bond acceptors (Lipinski definition) is 5. The number of aromatic nitrogens is 5. The van der Waals surface area contributed by atoms with Gasteiger partial charge in [-0.15, -0.1) is 0 Å². The molecule has 0 fully saturated rings. The molecule has 7 heteroatoms. The SMILES string of the molecule is CCc1nc2c(C)cc(C)nc2n1-c1ccc2c(c1C)CCc1ccccc1/C2=C(/C)c1noc(=O)[nH]1. The number of rotatable bonds is 3. The Kier molecular flexibility index (Phi) is 5.44. The summed E-state index contributed by atoms with van der Waals surface area (Å²) < 4.78 is 7.08. The molecule has 37 heavy (non-hydrogen) atoms. The zero-order valence-electron chi connectivity index (χ0n) is 21.8. The van der Waals surface area contributed by atoms with E-state index in [9.17, 15) is 4.79 Å². The van der Waals surface area contributed by atoms with E-state index in [0.717, 1.165) is 75.5 Å². The minimum absolute atomic E-state index is 0.452. The van der Waals surface area contributed by atoms with Gasteiger partial charge in [-0.3, -0.25) is 14.1 Å². The van der Waals surface area contributed by atoms with Crippen LogP contribution in [0.25, 0.3) is 28.0 Å². The van der Waals surface area contributed by atoms with Gasteiger partial charge in [-0.1, -0.05) is 42.4 Å². The van der Waals surface area contributed by atoms with Gasteiger partial charge in [0.2, 0.25) is 0 Å². The molecule has 7 nitrogen and oxygen atoms in total. The Morgan fingerprint density at radius 1 is 1.05 bits per heavy atom. The zero-order valence-corrected chi connectivity index (χ0v) is 21.8. The minimum Gasteiger partial charge on any atom is -0.296 e. The van der Waals surface area contributed by atoms with Crippen molar-refractivity contribution in [2.24, 2.45) is 0 Å². The van der Waals surface area contributed by atoms with E-state index in [0.29, 0.717) is 5.82 Å². The lowest BCUT2D eigenvalue weighted by Gasteiger charge is -2.19. The summed E-state index contributed by atoms with van der Waals surface area (Å²) >= 11 is 0. The van der Waals surface area contributed by atoms with Crippen LogP contribution >= 0.6 is 0 Å². The molecule has 186 valence electrons. The predicted octanol–water partition coefficient (Wildman–Crippen LogP) is 5.66. The molecule has 0 bridgehead atoms. The van der Waals surface area contributed by atoms with E-state index in [2.05, 4.69) is 77.9 Å². The molecule has 0 spiro atoms. The maximum Gasteiger partial charge on any atom is 0.439 e. The molecule has 6 rings (SSSR count). The van der Waals surface area contributed by atoms with Gasteiger partial charge in [0.1, 0.15) is 11.3 Å². The average molecular weight is 492 g/mol. The van der Waals surface area contributed by atoms with Crippen LogP contribution in [0.2, 0.25) is 0 Å². The van der Waals surface area contributed by atoms with E-state index in [-0.39, 0.29) is 0 Å². The fraction of sp³-hybridized carbons (Fsp3) is 0.267. The van der Waals surface area contributed by atoms with Crippen molar-refractivity contribution in [1.82, 2.24) is 24.7 Å². The summed E-state index contributed by atoms with van der Waals surface area (Å²) in [5, 5.41) is 4.00. The lowest BCUT2D eigenvalue weighted by atomic mass is 9.88. The van der Waals surface area contributed by atoms with Gasteiger partial charge in [0.25, 0.3) is 0 Å². The number of pyridine rings is 1.